The van der Waals surface area contributed by atoms with Gasteiger partial charge in [-0.2, -0.15) is 0 Å². The zero-order chi connectivity index (χ0) is 13.1. The predicted molar refractivity (Wildman–Crippen MR) is 81.6 cm³/mol. The van der Waals surface area contributed by atoms with Gasteiger partial charge in [-0.3, -0.25) is 0 Å². The molecule has 1 atom stereocenters. The minimum absolute atomic E-state index is 0.123. The van der Waals surface area contributed by atoms with Crippen LogP contribution in [0.3, 0.4) is 0 Å². The second kappa shape index (κ2) is 6.28. The van der Waals surface area contributed by atoms with E-state index in [4.69, 9.17) is 0 Å². The van der Waals surface area contributed by atoms with Crippen molar-refractivity contribution < 1.29 is 4.39 Å². The van der Waals surface area contributed by atoms with Crippen LogP contribution >= 0.6 is 43.2 Å². The Kier molecular flexibility index (Phi) is 4.95. The van der Waals surface area contributed by atoms with Gasteiger partial charge in [0.15, 0.2) is 0 Å². The smallest absolute Gasteiger partial charge is 0.137 e. The highest BCUT2D eigenvalue weighted by Crippen LogP contribution is 2.27. The molecule has 0 saturated carbocycles. The summed E-state index contributed by atoms with van der Waals surface area (Å²) in [5.74, 6) is -0.222. The van der Waals surface area contributed by atoms with Crippen LogP contribution in [-0.4, -0.2) is 7.05 Å². The van der Waals surface area contributed by atoms with E-state index in [1.807, 2.05) is 13.1 Å². The van der Waals surface area contributed by atoms with Gasteiger partial charge in [-0.05, 0) is 62.7 Å². The van der Waals surface area contributed by atoms with Crippen LogP contribution in [0, 0.1) is 5.82 Å². The largest absolute Gasteiger partial charge is 0.313 e. The molecule has 0 fully saturated rings. The van der Waals surface area contributed by atoms with Crippen LogP contribution < -0.4 is 5.32 Å². The van der Waals surface area contributed by atoms with E-state index in [1.54, 1.807) is 23.5 Å². The van der Waals surface area contributed by atoms with Gasteiger partial charge in [0.25, 0.3) is 0 Å². The molecule has 0 aliphatic carbocycles. The first-order valence-corrected chi connectivity index (χ1v) is 7.92. The van der Waals surface area contributed by atoms with Crippen molar-refractivity contribution in [1.82, 2.24) is 5.32 Å². The molecule has 0 aliphatic rings. The van der Waals surface area contributed by atoms with Crippen molar-refractivity contribution in [1.29, 1.82) is 0 Å². The number of hydrogen-bond donors (Lipinski definition) is 1. The Labute approximate surface area is 127 Å². The first-order chi connectivity index (χ1) is 8.60. The van der Waals surface area contributed by atoms with Crippen molar-refractivity contribution in [2.75, 3.05) is 7.05 Å². The van der Waals surface area contributed by atoms with Gasteiger partial charge in [0.1, 0.15) is 5.82 Å². The number of rotatable bonds is 4. The summed E-state index contributed by atoms with van der Waals surface area (Å²) in [6.07, 6.45) is 0.855. The van der Waals surface area contributed by atoms with Gasteiger partial charge in [-0.1, -0.05) is 6.07 Å². The standard InChI is InChI=1S/C13H12Br2FNS/c1-17-13(6-10-5-9(14)7-18-10)8-2-3-11(15)12(16)4-8/h2-5,7,13,17H,6H2,1H3. The summed E-state index contributed by atoms with van der Waals surface area (Å²) >= 11 is 8.32. The molecule has 1 unspecified atom stereocenters. The van der Waals surface area contributed by atoms with Gasteiger partial charge in [-0.15, -0.1) is 11.3 Å². The molecular formula is C13H12Br2FNS. The second-order valence-electron chi connectivity index (χ2n) is 3.95. The summed E-state index contributed by atoms with van der Waals surface area (Å²) in [5, 5.41) is 5.29. The van der Waals surface area contributed by atoms with Crippen molar-refractivity contribution in [3.8, 4) is 0 Å². The Morgan fingerprint density at radius 3 is 2.67 bits per heavy atom. The highest BCUT2D eigenvalue weighted by Gasteiger charge is 2.13. The third-order valence-electron chi connectivity index (χ3n) is 2.72. The number of hydrogen-bond acceptors (Lipinski definition) is 2. The molecule has 5 heteroatoms. The van der Waals surface area contributed by atoms with E-state index in [2.05, 4.69) is 48.6 Å². The molecule has 18 heavy (non-hydrogen) atoms. The van der Waals surface area contributed by atoms with Gasteiger partial charge in [-0.25, -0.2) is 4.39 Å². The lowest BCUT2D eigenvalue weighted by molar-refractivity contribution is 0.578. The van der Waals surface area contributed by atoms with E-state index in [0.717, 1.165) is 16.5 Å². The van der Waals surface area contributed by atoms with Crippen LogP contribution in [-0.2, 0) is 6.42 Å². The molecule has 1 nitrogen and oxygen atoms in total. The van der Waals surface area contributed by atoms with Crippen molar-refractivity contribution in [3.63, 3.8) is 0 Å². The second-order valence-corrected chi connectivity index (χ2v) is 6.72. The van der Waals surface area contributed by atoms with Crippen LogP contribution in [0.1, 0.15) is 16.5 Å². The first-order valence-electron chi connectivity index (χ1n) is 5.45. The van der Waals surface area contributed by atoms with Crippen molar-refractivity contribution in [3.05, 3.63) is 54.8 Å². The van der Waals surface area contributed by atoms with Gasteiger partial charge in [0.2, 0.25) is 0 Å². The number of nitrogens with one attached hydrogen (secondary N) is 1. The third-order valence-corrected chi connectivity index (χ3v) is 5.08. The molecule has 0 spiro atoms. The van der Waals surface area contributed by atoms with Gasteiger partial charge in [0, 0.05) is 27.2 Å². The van der Waals surface area contributed by atoms with Crippen molar-refractivity contribution in [2.24, 2.45) is 0 Å². The quantitative estimate of drug-likeness (QED) is 0.778. The normalized spacial score (nSPS) is 12.7. The van der Waals surface area contributed by atoms with E-state index < -0.39 is 0 Å². The predicted octanol–water partition coefficient (Wildman–Crippen LogP) is 4.92. The topological polar surface area (TPSA) is 12.0 Å². The molecule has 2 rings (SSSR count). The number of thiophene rings is 1. The monoisotopic (exact) mass is 391 g/mol. The molecule has 2 aromatic rings. The zero-order valence-electron chi connectivity index (χ0n) is 9.71. The lowest BCUT2D eigenvalue weighted by atomic mass is 10.0. The fourth-order valence-electron chi connectivity index (χ4n) is 1.78. The molecule has 0 saturated heterocycles. The summed E-state index contributed by atoms with van der Waals surface area (Å²) in [7, 11) is 1.90. The molecule has 0 amide bonds. The Bertz CT molecular complexity index is 542. The summed E-state index contributed by atoms with van der Waals surface area (Å²) < 4.78 is 15.1. The first kappa shape index (κ1) is 14.2. The number of halogens is 3. The summed E-state index contributed by atoms with van der Waals surface area (Å²) in [4.78, 5) is 1.27. The average molecular weight is 393 g/mol. The molecule has 96 valence electrons. The van der Waals surface area contributed by atoms with Crippen LogP contribution in [0.5, 0.6) is 0 Å². The highest BCUT2D eigenvalue weighted by molar-refractivity contribution is 9.10. The molecule has 1 heterocycles. The van der Waals surface area contributed by atoms with E-state index in [-0.39, 0.29) is 11.9 Å². The lowest BCUT2D eigenvalue weighted by Gasteiger charge is -2.16. The maximum Gasteiger partial charge on any atom is 0.137 e. The highest BCUT2D eigenvalue weighted by atomic mass is 79.9. The van der Waals surface area contributed by atoms with Crippen LogP contribution in [0.4, 0.5) is 4.39 Å². The van der Waals surface area contributed by atoms with Crippen molar-refractivity contribution >= 4 is 43.2 Å². The fourth-order valence-corrected chi connectivity index (χ4v) is 3.52. The minimum atomic E-state index is -0.222. The van der Waals surface area contributed by atoms with Gasteiger partial charge in [0.05, 0.1) is 4.47 Å². The van der Waals surface area contributed by atoms with E-state index in [9.17, 15) is 4.39 Å². The number of likely N-dealkylation sites (N-methyl/N-ethyl adjacent to an activating group) is 1. The van der Waals surface area contributed by atoms with Gasteiger partial charge < -0.3 is 5.32 Å². The Morgan fingerprint density at radius 2 is 2.11 bits per heavy atom. The van der Waals surface area contributed by atoms with E-state index in [1.165, 1.54) is 4.88 Å². The van der Waals surface area contributed by atoms with Crippen molar-refractivity contribution in [2.45, 2.75) is 12.5 Å². The summed E-state index contributed by atoms with van der Waals surface area (Å²) in [6, 6.07) is 7.49. The maximum atomic E-state index is 13.5. The lowest BCUT2D eigenvalue weighted by Crippen LogP contribution is -2.18. The minimum Gasteiger partial charge on any atom is -0.313 e. The molecule has 1 aromatic carbocycles. The maximum absolute atomic E-state index is 13.5. The molecule has 1 N–H and O–H groups in total. The van der Waals surface area contributed by atoms with E-state index >= 15 is 0 Å². The molecule has 0 bridgehead atoms. The van der Waals surface area contributed by atoms with Crippen LogP contribution in [0.15, 0.2) is 38.6 Å². The zero-order valence-corrected chi connectivity index (χ0v) is 13.7. The van der Waals surface area contributed by atoms with Crippen LogP contribution in [0.2, 0.25) is 0 Å². The number of benzene rings is 1. The summed E-state index contributed by atoms with van der Waals surface area (Å²) in [6.45, 7) is 0. The fraction of sp³-hybridized carbons (Fsp3) is 0.231. The molecule has 0 radical (unpaired) electrons. The average Bonchev–Trinajstić information content (AvgIpc) is 2.75. The SMILES string of the molecule is CNC(Cc1cc(Br)cs1)c1ccc(Br)c(F)c1. The van der Waals surface area contributed by atoms with Crippen LogP contribution in [0.25, 0.3) is 0 Å². The van der Waals surface area contributed by atoms with E-state index in [0.29, 0.717) is 4.47 Å². The van der Waals surface area contributed by atoms with Gasteiger partial charge >= 0.3 is 0 Å². The third kappa shape index (κ3) is 3.41. The Morgan fingerprint density at radius 1 is 1.33 bits per heavy atom. The Balaban J connectivity index is 2.19. The molecule has 1 aromatic heterocycles. The molecular weight excluding hydrogens is 381 g/mol. The Hall–Kier alpha value is -0.230. The molecule has 0 aliphatic heterocycles. The summed E-state index contributed by atoms with van der Waals surface area (Å²) in [5.41, 5.74) is 0.961.